The van der Waals surface area contributed by atoms with Crippen LogP contribution in [0.5, 0.6) is 5.75 Å². The first kappa shape index (κ1) is 11.5. The van der Waals surface area contributed by atoms with Crippen LogP contribution in [0, 0.1) is 0 Å². The van der Waals surface area contributed by atoms with Gasteiger partial charge in [0.05, 0.1) is 7.11 Å². The summed E-state index contributed by atoms with van der Waals surface area (Å²) in [7, 11) is 1.75. The highest BCUT2D eigenvalue weighted by molar-refractivity contribution is 7.17. The van der Waals surface area contributed by atoms with E-state index >= 15 is 0 Å². The number of ether oxygens (including phenoxy) is 1. The number of hydrogen-bond donors (Lipinski definition) is 0. The molecule has 0 radical (unpaired) electrons. The number of methoxy groups -OCH3 is 1. The third-order valence-electron chi connectivity index (χ3n) is 3.42. The van der Waals surface area contributed by atoms with Gasteiger partial charge in [-0.3, -0.25) is 0 Å². The lowest BCUT2D eigenvalue weighted by atomic mass is 10.0. The van der Waals surface area contributed by atoms with E-state index in [1.165, 1.54) is 26.8 Å². The van der Waals surface area contributed by atoms with Crippen LogP contribution in [0.25, 0.3) is 21.2 Å². The van der Waals surface area contributed by atoms with Crippen LogP contribution in [0.4, 0.5) is 0 Å². The fourth-order valence-electron chi connectivity index (χ4n) is 2.41. The van der Waals surface area contributed by atoms with Gasteiger partial charge in [0, 0.05) is 15.6 Å². The van der Waals surface area contributed by atoms with Crippen molar-refractivity contribution in [3.63, 3.8) is 0 Å². The maximum Gasteiger partial charge on any atom is 0.127 e. The summed E-state index contributed by atoms with van der Waals surface area (Å²) in [5.41, 5.74) is 3.86. The SMILES string of the molecule is COc1ccc(C(C)C)cc2cc3sccc3c1-2. The van der Waals surface area contributed by atoms with Crippen LogP contribution in [-0.4, -0.2) is 7.11 Å². The predicted octanol–water partition coefficient (Wildman–Crippen LogP) is 5.14. The minimum atomic E-state index is 0.526. The van der Waals surface area contributed by atoms with Crippen molar-refractivity contribution in [1.29, 1.82) is 0 Å². The summed E-state index contributed by atoms with van der Waals surface area (Å²) < 4.78 is 6.90. The van der Waals surface area contributed by atoms with E-state index in [0.29, 0.717) is 5.92 Å². The Labute approximate surface area is 111 Å². The molecule has 0 aliphatic heterocycles. The minimum absolute atomic E-state index is 0.526. The highest BCUT2D eigenvalue weighted by atomic mass is 32.1. The van der Waals surface area contributed by atoms with Crippen LogP contribution in [0.2, 0.25) is 0 Å². The van der Waals surface area contributed by atoms with Crippen LogP contribution in [-0.2, 0) is 0 Å². The van der Waals surface area contributed by atoms with Gasteiger partial charge in [-0.15, -0.1) is 11.3 Å². The van der Waals surface area contributed by atoms with E-state index in [-0.39, 0.29) is 0 Å². The van der Waals surface area contributed by atoms with E-state index in [1.807, 2.05) is 0 Å². The third kappa shape index (κ3) is 1.68. The molecule has 0 amide bonds. The van der Waals surface area contributed by atoms with Crippen LogP contribution < -0.4 is 4.74 Å². The monoisotopic (exact) mass is 256 g/mol. The average molecular weight is 256 g/mol. The Balaban J connectivity index is 2.38. The van der Waals surface area contributed by atoms with Gasteiger partial charge in [-0.2, -0.15) is 0 Å². The van der Waals surface area contributed by atoms with Crippen molar-refractivity contribution in [2.45, 2.75) is 19.8 Å². The largest absolute Gasteiger partial charge is 0.496 e. The average Bonchev–Trinajstić information content (AvgIpc) is 2.85. The molecule has 1 aromatic rings. The Morgan fingerprint density at radius 2 is 1.94 bits per heavy atom. The molecular weight excluding hydrogens is 240 g/mol. The molecule has 0 aromatic carbocycles. The standard InChI is InChI=1S/C16H16OS/c1-10(2)11-4-5-14(17-3)16-12(8-11)9-15-13(16)6-7-18-15/h4-10H,1-3H3. The van der Waals surface area contributed by atoms with E-state index in [2.05, 4.69) is 49.6 Å². The zero-order valence-corrected chi connectivity index (χ0v) is 11.7. The summed E-state index contributed by atoms with van der Waals surface area (Å²) in [6.45, 7) is 4.44. The summed E-state index contributed by atoms with van der Waals surface area (Å²) in [5, 5.41) is 3.44. The second-order valence-electron chi connectivity index (χ2n) is 4.87. The zero-order chi connectivity index (χ0) is 12.7. The lowest BCUT2D eigenvalue weighted by molar-refractivity contribution is 0.417. The van der Waals surface area contributed by atoms with Gasteiger partial charge in [-0.25, -0.2) is 0 Å². The van der Waals surface area contributed by atoms with Crippen LogP contribution in [0.1, 0.15) is 25.3 Å². The van der Waals surface area contributed by atoms with Crippen molar-refractivity contribution in [2.24, 2.45) is 0 Å². The molecule has 0 N–H and O–H groups in total. The van der Waals surface area contributed by atoms with Crippen LogP contribution in [0.3, 0.4) is 0 Å². The maximum absolute atomic E-state index is 5.56. The van der Waals surface area contributed by atoms with Gasteiger partial charge >= 0.3 is 0 Å². The third-order valence-corrected chi connectivity index (χ3v) is 4.29. The highest BCUT2D eigenvalue weighted by Gasteiger charge is 2.15. The molecule has 1 aromatic heterocycles. The summed E-state index contributed by atoms with van der Waals surface area (Å²) in [6.07, 6.45) is 0. The van der Waals surface area contributed by atoms with E-state index in [9.17, 15) is 0 Å². The van der Waals surface area contributed by atoms with E-state index in [1.54, 1.807) is 18.4 Å². The van der Waals surface area contributed by atoms with E-state index in [0.717, 1.165) is 5.75 Å². The molecule has 2 aliphatic carbocycles. The van der Waals surface area contributed by atoms with Gasteiger partial charge in [0.15, 0.2) is 0 Å². The Bertz CT molecular complexity index is 666. The summed E-state index contributed by atoms with van der Waals surface area (Å²) in [6, 6.07) is 11.0. The van der Waals surface area contributed by atoms with Gasteiger partial charge in [-0.1, -0.05) is 26.0 Å². The maximum atomic E-state index is 5.56. The lowest BCUT2D eigenvalue weighted by Crippen LogP contribution is -1.83. The van der Waals surface area contributed by atoms with Gasteiger partial charge < -0.3 is 4.74 Å². The minimum Gasteiger partial charge on any atom is -0.496 e. The van der Waals surface area contributed by atoms with E-state index in [4.69, 9.17) is 4.74 Å². The van der Waals surface area contributed by atoms with E-state index < -0.39 is 0 Å². The molecule has 0 fully saturated rings. The Morgan fingerprint density at radius 3 is 2.67 bits per heavy atom. The first-order valence-corrected chi connectivity index (χ1v) is 7.06. The summed E-state index contributed by atoms with van der Waals surface area (Å²) in [4.78, 5) is 0. The van der Waals surface area contributed by atoms with Crippen molar-refractivity contribution >= 4 is 21.4 Å². The number of thiophene rings is 1. The zero-order valence-electron chi connectivity index (χ0n) is 10.9. The molecule has 2 aliphatic rings. The highest BCUT2D eigenvalue weighted by Crippen LogP contribution is 2.43. The molecule has 0 saturated heterocycles. The molecule has 2 heteroatoms. The Kier molecular flexibility index (Phi) is 2.75. The summed E-state index contributed by atoms with van der Waals surface area (Å²) >= 11 is 1.79. The molecule has 0 atom stereocenters. The van der Waals surface area contributed by atoms with Crippen molar-refractivity contribution in [1.82, 2.24) is 0 Å². The molecular formula is C16H16OS. The first-order chi connectivity index (χ1) is 8.70. The van der Waals surface area contributed by atoms with Gasteiger partial charge in [0.25, 0.3) is 0 Å². The molecule has 1 heterocycles. The molecule has 92 valence electrons. The van der Waals surface area contributed by atoms with Crippen molar-refractivity contribution in [3.05, 3.63) is 41.3 Å². The lowest BCUT2D eigenvalue weighted by Gasteiger charge is -2.02. The first-order valence-electron chi connectivity index (χ1n) is 6.18. The number of rotatable bonds is 2. The molecule has 0 unspecified atom stereocenters. The fraction of sp³-hybridized carbons (Fsp3) is 0.250. The smallest absolute Gasteiger partial charge is 0.127 e. The fourth-order valence-corrected chi connectivity index (χ4v) is 3.25. The van der Waals surface area contributed by atoms with Gasteiger partial charge in [0.1, 0.15) is 5.75 Å². The van der Waals surface area contributed by atoms with Crippen molar-refractivity contribution in [2.75, 3.05) is 7.11 Å². The Morgan fingerprint density at radius 1 is 1.11 bits per heavy atom. The molecule has 3 rings (SSSR count). The topological polar surface area (TPSA) is 9.23 Å². The van der Waals surface area contributed by atoms with Crippen LogP contribution in [0.15, 0.2) is 35.7 Å². The van der Waals surface area contributed by atoms with Crippen molar-refractivity contribution in [3.8, 4) is 16.9 Å². The van der Waals surface area contributed by atoms with Crippen molar-refractivity contribution < 1.29 is 4.74 Å². The quantitative estimate of drug-likeness (QED) is 0.617. The second-order valence-corrected chi connectivity index (χ2v) is 5.82. The molecule has 18 heavy (non-hydrogen) atoms. The molecule has 0 spiro atoms. The molecule has 0 saturated carbocycles. The summed E-state index contributed by atoms with van der Waals surface area (Å²) in [5.74, 6) is 1.49. The normalized spacial score (nSPS) is 11.6. The predicted molar refractivity (Wildman–Crippen MR) is 79.1 cm³/mol. The second kappa shape index (κ2) is 4.29. The van der Waals surface area contributed by atoms with Gasteiger partial charge in [0.2, 0.25) is 0 Å². The molecule has 1 nitrogen and oxygen atoms in total. The number of fused-ring (bicyclic) bond motifs is 3. The molecule has 0 bridgehead atoms. The van der Waals surface area contributed by atoms with Gasteiger partial charge in [-0.05, 0) is 40.6 Å². The number of hydrogen-bond acceptors (Lipinski definition) is 2. The van der Waals surface area contributed by atoms with Crippen LogP contribution >= 0.6 is 11.3 Å². The Hall–Kier alpha value is -1.54.